The van der Waals surface area contributed by atoms with Crippen molar-refractivity contribution in [1.82, 2.24) is 0 Å². The van der Waals surface area contributed by atoms with Gasteiger partial charge in [-0.1, -0.05) is 30.0 Å². The first-order chi connectivity index (χ1) is 10.3. The van der Waals surface area contributed by atoms with Crippen LogP contribution < -0.4 is 5.32 Å². The number of benzene rings is 2. The van der Waals surface area contributed by atoms with Crippen molar-refractivity contribution in [2.75, 3.05) is 18.5 Å². The molecule has 0 spiro atoms. The number of ether oxygens (including phenoxy) is 1. The average Bonchev–Trinajstić information content (AvgIpc) is 2.53. The molecule has 0 aliphatic heterocycles. The summed E-state index contributed by atoms with van der Waals surface area (Å²) in [6, 6.07) is 17.0. The van der Waals surface area contributed by atoms with Crippen molar-refractivity contribution in [2.24, 2.45) is 0 Å². The van der Waals surface area contributed by atoms with Gasteiger partial charge >= 0.3 is 5.97 Å². The molecule has 2 aromatic rings. The highest BCUT2D eigenvalue weighted by atomic mass is 16.5. The number of rotatable bonds is 4. The summed E-state index contributed by atoms with van der Waals surface area (Å²) in [4.78, 5) is 11.5. The van der Waals surface area contributed by atoms with Crippen molar-refractivity contribution in [3.8, 4) is 11.8 Å². The van der Waals surface area contributed by atoms with Crippen molar-refractivity contribution < 1.29 is 9.53 Å². The second-order valence-electron chi connectivity index (χ2n) is 4.32. The summed E-state index contributed by atoms with van der Waals surface area (Å²) >= 11 is 0. The van der Waals surface area contributed by atoms with E-state index >= 15 is 0 Å². The Hall–Kier alpha value is -2.73. The van der Waals surface area contributed by atoms with Gasteiger partial charge in [0, 0.05) is 11.3 Å². The predicted octanol–water partition coefficient (Wildman–Crippen LogP) is 3.33. The molecule has 0 amide bonds. The summed E-state index contributed by atoms with van der Waals surface area (Å²) in [5.74, 6) is 5.83. The molecule has 0 aliphatic carbocycles. The maximum Gasteiger partial charge on any atom is 0.338 e. The average molecular weight is 279 g/mol. The molecule has 3 heteroatoms. The fourth-order valence-electron chi connectivity index (χ4n) is 1.75. The minimum atomic E-state index is -0.298. The number of anilines is 1. The van der Waals surface area contributed by atoms with E-state index in [-0.39, 0.29) is 5.97 Å². The Kier molecular flexibility index (Phi) is 5.42. The zero-order valence-corrected chi connectivity index (χ0v) is 11.9. The van der Waals surface area contributed by atoms with Crippen LogP contribution in [0.25, 0.3) is 0 Å². The summed E-state index contributed by atoms with van der Waals surface area (Å²) in [6.45, 7) is 2.72. The van der Waals surface area contributed by atoms with Crippen LogP contribution in [-0.4, -0.2) is 19.1 Å². The Balaban J connectivity index is 1.87. The van der Waals surface area contributed by atoms with Crippen LogP contribution in [0.2, 0.25) is 0 Å². The lowest BCUT2D eigenvalue weighted by molar-refractivity contribution is 0.0526. The first-order valence-electron chi connectivity index (χ1n) is 6.84. The topological polar surface area (TPSA) is 38.3 Å². The van der Waals surface area contributed by atoms with Gasteiger partial charge in [0.25, 0.3) is 0 Å². The summed E-state index contributed by atoms with van der Waals surface area (Å²) in [6.07, 6.45) is 0. The Morgan fingerprint density at radius 3 is 2.48 bits per heavy atom. The SMILES string of the molecule is CCOC(=O)c1ccc(NCC#Cc2ccccc2)cc1. The van der Waals surface area contributed by atoms with Gasteiger partial charge in [0.15, 0.2) is 0 Å². The molecule has 0 radical (unpaired) electrons. The third-order valence-electron chi connectivity index (χ3n) is 2.78. The molecular weight excluding hydrogens is 262 g/mol. The van der Waals surface area contributed by atoms with Crippen molar-refractivity contribution in [1.29, 1.82) is 0 Å². The van der Waals surface area contributed by atoms with Crippen LogP contribution in [-0.2, 0) is 4.74 Å². The molecule has 0 atom stereocenters. The first kappa shape index (κ1) is 14.7. The second-order valence-corrected chi connectivity index (χ2v) is 4.32. The molecule has 0 saturated carbocycles. The zero-order chi connectivity index (χ0) is 14.9. The number of hydrogen-bond donors (Lipinski definition) is 1. The lowest BCUT2D eigenvalue weighted by atomic mass is 10.2. The summed E-state index contributed by atoms with van der Waals surface area (Å²) < 4.78 is 4.93. The van der Waals surface area contributed by atoms with E-state index < -0.39 is 0 Å². The van der Waals surface area contributed by atoms with Crippen molar-refractivity contribution >= 4 is 11.7 Å². The molecule has 0 heterocycles. The Morgan fingerprint density at radius 1 is 1.10 bits per heavy atom. The fraction of sp³-hybridized carbons (Fsp3) is 0.167. The molecule has 106 valence electrons. The van der Waals surface area contributed by atoms with E-state index in [9.17, 15) is 4.79 Å². The Labute approximate surface area is 125 Å². The number of nitrogens with one attached hydrogen (secondary N) is 1. The molecule has 0 saturated heterocycles. The van der Waals surface area contributed by atoms with E-state index in [0.29, 0.717) is 18.7 Å². The van der Waals surface area contributed by atoms with Crippen LogP contribution in [0.15, 0.2) is 54.6 Å². The molecule has 0 fully saturated rings. The van der Waals surface area contributed by atoms with Crippen molar-refractivity contribution in [2.45, 2.75) is 6.92 Å². The van der Waals surface area contributed by atoms with Gasteiger partial charge in [-0.3, -0.25) is 0 Å². The molecule has 0 unspecified atom stereocenters. The van der Waals surface area contributed by atoms with Gasteiger partial charge in [-0.25, -0.2) is 4.79 Å². The van der Waals surface area contributed by atoms with Crippen molar-refractivity contribution in [3.63, 3.8) is 0 Å². The highest BCUT2D eigenvalue weighted by Gasteiger charge is 2.04. The lowest BCUT2D eigenvalue weighted by Gasteiger charge is -2.04. The standard InChI is InChI=1S/C18H17NO2/c1-2-21-18(20)16-10-12-17(13-11-16)19-14-6-9-15-7-4-3-5-8-15/h3-5,7-8,10-13,19H,2,14H2,1H3. The molecule has 0 aliphatic rings. The number of carbonyl (C=O) groups excluding carboxylic acids is 1. The van der Waals surface area contributed by atoms with Gasteiger partial charge in [-0.15, -0.1) is 0 Å². The molecule has 2 aromatic carbocycles. The molecular formula is C18H17NO2. The van der Waals surface area contributed by atoms with Gasteiger partial charge < -0.3 is 10.1 Å². The van der Waals surface area contributed by atoms with E-state index in [1.165, 1.54) is 0 Å². The smallest absolute Gasteiger partial charge is 0.338 e. The van der Waals surface area contributed by atoms with Crippen LogP contribution in [0.3, 0.4) is 0 Å². The molecule has 0 bridgehead atoms. The third-order valence-corrected chi connectivity index (χ3v) is 2.78. The van der Waals surface area contributed by atoms with Gasteiger partial charge in [0.05, 0.1) is 18.7 Å². The van der Waals surface area contributed by atoms with Crippen LogP contribution >= 0.6 is 0 Å². The minimum absolute atomic E-state index is 0.298. The maximum absolute atomic E-state index is 11.5. The monoisotopic (exact) mass is 279 g/mol. The van der Waals surface area contributed by atoms with Crippen LogP contribution in [0.4, 0.5) is 5.69 Å². The summed E-state index contributed by atoms with van der Waals surface area (Å²) in [5, 5.41) is 3.19. The minimum Gasteiger partial charge on any atom is -0.462 e. The molecule has 3 nitrogen and oxygen atoms in total. The van der Waals surface area contributed by atoms with Crippen LogP contribution in [0.5, 0.6) is 0 Å². The molecule has 21 heavy (non-hydrogen) atoms. The van der Waals surface area contributed by atoms with Crippen LogP contribution in [0.1, 0.15) is 22.8 Å². The van der Waals surface area contributed by atoms with Gasteiger partial charge in [0.2, 0.25) is 0 Å². The summed E-state index contributed by atoms with van der Waals surface area (Å²) in [7, 11) is 0. The van der Waals surface area contributed by atoms with E-state index in [2.05, 4.69) is 17.2 Å². The van der Waals surface area contributed by atoms with Gasteiger partial charge in [-0.2, -0.15) is 0 Å². The second kappa shape index (κ2) is 7.76. The number of hydrogen-bond acceptors (Lipinski definition) is 3. The normalized spacial score (nSPS) is 9.38. The highest BCUT2D eigenvalue weighted by Crippen LogP contribution is 2.10. The quantitative estimate of drug-likeness (QED) is 0.689. The van der Waals surface area contributed by atoms with E-state index in [1.807, 2.05) is 42.5 Å². The lowest BCUT2D eigenvalue weighted by Crippen LogP contribution is -2.05. The fourth-order valence-corrected chi connectivity index (χ4v) is 1.75. The zero-order valence-electron chi connectivity index (χ0n) is 11.9. The maximum atomic E-state index is 11.5. The molecule has 2 rings (SSSR count). The van der Waals surface area contributed by atoms with E-state index in [0.717, 1.165) is 11.3 Å². The van der Waals surface area contributed by atoms with Crippen LogP contribution in [0, 0.1) is 11.8 Å². The Bertz CT molecular complexity index is 636. The predicted molar refractivity (Wildman–Crippen MR) is 84.2 cm³/mol. The van der Waals surface area contributed by atoms with Gasteiger partial charge in [-0.05, 0) is 43.3 Å². The first-order valence-corrected chi connectivity index (χ1v) is 6.84. The Morgan fingerprint density at radius 2 is 1.81 bits per heavy atom. The number of esters is 1. The van der Waals surface area contributed by atoms with E-state index in [4.69, 9.17) is 4.74 Å². The third kappa shape index (κ3) is 4.70. The summed E-state index contributed by atoms with van der Waals surface area (Å²) in [5.41, 5.74) is 2.47. The largest absolute Gasteiger partial charge is 0.462 e. The molecule has 1 N–H and O–H groups in total. The van der Waals surface area contributed by atoms with Gasteiger partial charge in [0.1, 0.15) is 0 Å². The van der Waals surface area contributed by atoms with E-state index in [1.54, 1.807) is 19.1 Å². The van der Waals surface area contributed by atoms with Crippen molar-refractivity contribution in [3.05, 3.63) is 65.7 Å². The highest BCUT2D eigenvalue weighted by molar-refractivity contribution is 5.89. The molecule has 0 aromatic heterocycles. The number of carbonyl (C=O) groups is 1.